The Morgan fingerprint density at radius 1 is 1.41 bits per heavy atom. The lowest BCUT2D eigenvalue weighted by molar-refractivity contribution is 0.0622. The molecule has 0 saturated carbocycles. The number of aromatic amines is 1. The van der Waals surface area contributed by atoms with Crippen LogP contribution in [0.2, 0.25) is 0 Å². The van der Waals surface area contributed by atoms with Crippen molar-refractivity contribution >= 4 is 16.8 Å². The molecule has 1 amide bonds. The molecule has 0 bridgehead atoms. The zero-order chi connectivity index (χ0) is 12.4. The molecule has 0 saturated heterocycles. The van der Waals surface area contributed by atoms with Gasteiger partial charge < -0.3 is 9.88 Å². The van der Waals surface area contributed by atoms with Crippen LogP contribution in [-0.4, -0.2) is 35.8 Å². The van der Waals surface area contributed by atoms with Crippen LogP contribution in [0.4, 0.5) is 8.78 Å². The number of benzene rings is 1. The van der Waals surface area contributed by atoms with Crippen molar-refractivity contribution in [1.82, 2.24) is 9.88 Å². The Hall–Kier alpha value is -1.91. The topological polar surface area (TPSA) is 36.1 Å². The number of amides is 1. The quantitative estimate of drug-likeness (QED) is 0.876. The number of halogens is 2. The van der Waals surface area contributed by atoms with Gasteiger partial charge in [0.15, 0.2) is 0 Å². The van der Waals surface area contributed by atoms with Crippen LogP contribution < -0.4 is 0 Å². The van der Waals surface area contributed by atoms with Crippen LogP contribution in [0, 0.1) is 0 Å². The van der Waals surface area contributed by atoms with Gasteiger partial charge in [-0.25, -0.2) is 8.78 Å². The summed E-state index contributed by atoms with van der Waals surface area (Å²) in [7, 11) is 1.37. The Labute approximate surface area is 97.0 Å². The molecule has 0 aliphatic rings. The van der Waals surface area contributed by atoms with Crippen molar-refractivity contribution in [2.45, 2.75) is 6.43 Å². The molecule has 1 aromatic heterocycles. The van der Waals surface area contributed by atoms with E-state index in [1.807, 2.05) is 6.07 Å². The van der Waals surface area contributed by atoms with Crippen molar-refractivity contribution in [3.05, 3.63) is 36.0 Å². The normalized spacial score (nSPS) is 11.1. The number of fused-ring (bicyclic) bond motifs is 1. The van der Waals surface area contributed by atoms with Crippen molar-refractivity contribution in [2.75, 3.05) is 13.6 Å². The highest BCUT2D eigenvalue weighted by Crippen LogP contribution is 2.18. The third-order valence-electron chi connectivity index (χ3n) is 2.58. The minimum absolute atomic E-state index is 0.393. The maximum absolute atomic E-state index is 12.2. The SMILES string of the molecule is CN(CC(F)F)C(=O)c1cccc2[nH]ccc12. The minimum Gasteiger partial charge on any atom is -0.361 e. The van der Waals surface area contributed by atoms with Gasteiger partial charge in [0, 0.05) is 29.7 Å². The van der Waals surface area contributed by atoms with E-state index in [2.05, 4.69) is 4.98 Å². The molecule has 0 spiro atoms. The summed E-state index contributed by atoms with van der Waals surface area (Å²) in [6, 6.07) is 6.96. The average Bonchev–Trinajstić information content (AvgIpc) is 2.74. The molecule has 0 aliphatic heterocycles. The monoisotopic (exact) mass is 238 g/mol. The van der Waals surface area contributed by atoms with Crippen LogP contribution in [0.15, 0.2) is 30.5 Å². The molecule has 5 heteroatoms. The minimum atomic E-state index is -2.52. The van der Waals surface area contributed by atoms with Gasteiger partial charge in [-0.3, -0.25) is 4.79 Å². The Morgan fingerprint density at radius 2 is 2.18 bits per heavy atom. The van der Waals surface area contributed by atoms with Crippen LogP contribution in [0.25, 0.3) is 10.9 Å². The highest BCUT2D eigenvalue weighted by molar-refractivity contribution is 6.06. The van der Waals surface area contributed by atoms with E-state index < -0.39 is 18.9 Å². The number of hydrogen-bond donors (Lipinski definition) is 1. The molecule has 0 fully saturated rings. The maximum Gasteiger partial charge on any atom is 0.255 e. The standard InChI is InChI=1S/C12H12F2N2O/c1-16(7-11(13)14)12(17)9-3-2-4-10-8(9)5-6-15-10/h2-6,11,15H,7H2,1H3. The van der Waals surface area contributed by atoms with Gasteiger partial charge in [-0.2, -0.15) is 0 Å². The third kappa shape index (κ3) is 2.27. The van der Waals surface area contributed by atoms with E-state index >= 15 is 0 Å². The second kappa shape index (κ2) is 4.53. The molecule has 17 heavy (non-hydrogen) atoms. The first-order chi connectivity index (χ1) is 8.09. The predicted molar refractivity (Wildman–Crippen MR) is 61.3 cm³/mol. The molecular formula is C12H12F2N2O. The van der Waals surface area contributed by atoms with Gasteiger partial charge in [-0.1, -0.05) is 6.07 Å². The summed E-state index contributed by atoms with van der Waals surface area (Å²) in [6.07, 6.45) is -0.802. The molecule has 2 aromatic rings. The van der Waals surface area contributed by atoms with E-state index in [-0.39, 0.29) is 0 Å². The van der Waals surface area contributed by atoms with E-state index in [9.17, 15) is 13.6 Å². The largest absolute Gasteiger partial charge is 0.361 e. The van der Waals surface area contributed by atoms with Crippen LogP contribution in [0.5, 0.6) is 0 Å². The molecule has 0 unspecified atom stereocenters. The van der Waals surface area contributed by atoms with Crippen molar-refractivity contribution in [2.24, 2.45) is 0 Å². The molecule has 0 aliphatic carbocycles. The predicted octanol–water partition coefficient (Wildman–Crippen LogP) is 2.50. The van der Waals surface area contributed by atoms with Gasteiger partial charge in [-0.15, -0.1) is 0 Å². The summed E-state index contributed by atoms with van der Waals surface area (Å²) in [6.45, 7) is -0.556. The fourth-order valence-corrected chi connectivity index (χ4v) is 1.77. The second-order valence-electron chi connectivity index (χ2n) is 3.82. The van der Waals surface area contributed by atoms with E-state index in [4.69, 9.17) is 0 Å². The van der Waals surface area contributed by atoms with E-state index in [0.29, 0.717) is 5.56 Å². The van der Waals surface area contributed by atoms with E-state index in [0.717, 1.165) is 15.8 Å². The summed E-state index contributed by atoms with van der Waals surface area (Å²) < 4.78 is 24.4. The molecule has 0 atom stereocenters. The molecule has 2 rings (SSSR count). The number of hydrogen-bond acceptors (Lipinski definition) is 1. The lowest BCUT2D eigenvalue weighted by Crippen LogP contribution is -2.31. The highest BCUT2D eigenvalue weighted by atomic mass is 19.3. The smallest absolute Gasteiger partial charge is 0.255 e. The number of alkyl halides is 2. The average molecular weight is 238 g/mol. The van der Waals surface area contributed by atoms with Gasteiger partial charge in [0.1, 0.15) is 0 Å². The van der Waals surface area contributed by atoms with E-state index in [1.165, 1.54) is 7.05 Å². The number of rotatable bonds is 3. The molecule has 1 aromatic carbocycles. The summed E-state index contributed by atoms with van der Waals surface area (Å²) >= 11 is 0. The first kappa shape index (κ1) is 11.6. The maximum atomic E-state index is 12.2. The summed E-state index contributed by atoms with van der Waals surface area (Å²) in [5.74, 6) is -0.393. The number of nitrogens with one attached hydrogen (secondary N) is 1. The molecule has 3 nitrogen and oxygen atoms in total. The zero-order valence-electron chi connectivity index (χ0n) is 9.28. The Balaban J connectivity index is 2.33. The molecule has 1 heterocycles. The van der Waals surface area contributed by atoms with Gasteiger partial charge in [0.05, 0.1) is 6.54 Å². The zero-order valence-corrected chi connectivity index (χ0v) is 9.28. The molecule has 0 radical (unpaired) electrons. The van der Waals surface area contributed by atoms with Gasteiger partial charge in [0.2, 0.25) is 0 Å². The van der Waals surface area contributed by atoms with Crippen LogP contribution >= 0.6 is 0 Å². The number of carbonyl (C=O) groups is 1. The Bertz CT molecular complexity index is 536. The second-order valence-corrected chi connectivity index (χ2v) is 3.82. The van der Waals surface area contributed by atoms with Gasteiger partial charge in [-0.05, 0) is 18.2 Å². The van der Waals surface area contributed by atoms with Gasteiger partial charge in [0.25, 0.3) is 12.3 Å². The number of carbonyl (C=O) groups excluding carboxylic acids is 1. The first-order valence-corrected chi connectivity index (χ1v) is 5.19. The van der Waals surface area contributed by atoms with E-state index in [1.54, 1.807) is 24.4 Å². The Morgan fingerprint density at radius 3 is 2.88 bits per heavy atom. The summed E-state index contributed by atoms with van der Waals surface area (Å²) in [5.41, 5.74) is 1.26. The number of aromatic nitrogens is 1. The van der Waals surface area contributed by atoms with Crippen LogP contribution in [0.1, 0.15) is 10.4 Å². The third-order valence-corrected chi connectivity index (χ3v) is 2.58. The van der Waals surface area contributed by atoms with Crippen LogP contribution in [-0.2, 0) is 0 Å². The first-order valence-electron chi connectivity index (χ1n) is 5.19. The number of nitrogens with zero attached hydrogens (tertiary/aromatic N) is 1. The lowest BCUT2D eigenvalue weighted by Gasteiger charge is -2.16. The molecular weight excluding hydrogens is 226 g/mol. The lowest BCUT2D eigenvalue weighted by atomic mass is 10.1. The van der Waals surface area contributed by atoms with Crippen molar-refractivity contribution in [3.63, 3.8) is 0 Å². The highest BCUT2D eigenvalue weighted by Gasteiger charge is 2.17. The molecule has 1 N–H and O–H groups in total. The number of H-pyrrole nitrogens is 1. The fourth-order valence-electron chi connectivity index (χ4n) is 1.77. The fraction of sp³-hybridized carbons (Fsp3) is 0.250. The summed E-state index contributed by atoms with van der Waals surface area (Å²) in [5, 5.41) is 0.749. The van der Waals surface area contributed by atoms with Crippen LogP contribution in [0.3, 0.4) is 0 Å². The van der Waals surface area contributed by atoms with Crippen molar-refractivity contribution in [1.29, 1.82) is 0 Å². The Kier molecular flexibility index (Phi) is 3.08. The van der Waals surface area contributed by atoms with Crippen molar-refractivity contribution in [3.8, 4) is 0 Å². The molecule has 90 valence electrons. The summed E-state index contributed by atoms with van der Waals surface area (Å²) in [4.78, 5) is 16.0. The van der Waals surface area contributed by atoms with Gasteiger partial charge >= 0.3 is 0 Å². The van der Waals surface area contributed by atoms with Crippen molar-refractivity contribution < 1.29 is 13.6 Å².